The van der Waals surface area contributed by atoms with Crippen molar-refractivity contribution in [3.63, 3.8) is 0 Å². The van der Waals surface area contributed by atoms with Gasteiger partial charge in [0.05, 0.1) is 23.0 Å². The van der Waals surface area contributed by atoms with Crippen LogP contribution in [0, 0.1) is 6.92 Å². The number of benzene rings is 2. The molecule has 3 aromatic rings. The van der Waals surface area contributed by atoms with E-state index in [4.69, 9.17) is 27.9 Å². The Labute approximate surface area is 180 Å². The first-order chi connectivity index (χ1) is 14.0. The normalized spacial score (nSPS) is 13.9. The van der Waals surface area contributed by atoms with Gasteiger partial charge in [0.15, 0.2) is 5.69 Å². The molecule has 6 heteroatoms. The predicted octanol–water partition coefficient (Wildman–Crippen LogP) is 6.60. The van der Waals surface area contributed by atoms with Crippen LogP contribution in [-0.4, -0.2) is 22.4 Å². The first kappa shape index (κ1) is 20.0. The van der Waals surface area contributed by atoms with Gasteiger partial charge in [0, 0.05) is 16.1 Å². The molecule has 2 aromatic carbocycles. The largest absolute Gasteiger partial charge is 0.461 e. The van der Waals surface area contributed by atoms with Gasteiger partial charge in [0.1, 0.15) is 0 Å². The Morgan fingerprint density at radius 3 is 2.48 bits per heavy atom. The average molecular weight is 429 g/mol. The Hall–Kier alpha value is -2.30. The predicted molar refractivity (Wildman–Crippen MR) is 116 cm³/mol. The Bertz CT molecular complexity index is 1050. The molecule has 29 heavy (non-hydrogen) atoms. The minimum absolute atomic E-state index is 0.288. The Morgan fingerprint density at radius 1 is 1.17 bits per heavy atom. The maximum Gasteiger partial charge on any atom is 0.359 e. The number of carbonyl (C=O) groups is 1. The fraction of sp³-hybridized carbons (Fsp3) is 0.304. The zero-order chi connectivity index (χ0) is 20.5. The summed E-state index contributed by atoms with van der Waals surface area (Å²) in [4.78, 5) is 12.5. The second-order valence-corrected chi connectivity index (χ2v) is 8.14. The molecule has 0 bridgehead atoms. The second-order valence-electron chi connectivity index (χ2n) is 7.30. The standard InChI is InChI=1S/C23H22Cl2N2O2/c1-3-29-23(28)21-14(2)22(17-9-7-16(8-10-17)15-5-4-6-15)27(26-21)20-12-11-18(24)13-19(20)25/h7-13,15H,3-6H2,1-2H3. The summed E-state index contributed by atoms with van der Waals surface area (Å²) in [5.41, 5.74) is 4.85. The van der Waals surface area contributed by atoms with Gasteiger partial charge in [-0.2, -0.15) is 5.10 Å². The van der Waals surface area contributed by atoms with E-state index in [2.05, 4.69) is 29.4 Å². The van der Waals surface area contributed by atoms with Crippen LogP contribution in [0.4, 0.5) is 0 Å². The van der Waals surface area contributed by atoms with Crippen molar-refractivity contribution in [3.05, 3.63) is 69.3 Å². The summed E-state index contributed by atoms with van der Waals surface area (Å²) in [6, 6.07) is 13.8. The fourth-order valence-electron chi connectivity index (χ4n) is 3.71. The molecule has 0 N–H and O–H groups in total. The van der Waals surface area contributed by atoms with Gasteiger partial charge < -0.3 is 4.74 Å². The molecular weight excluding hydrogens is 407 g/mol. The van der Waals surface area contributed by atoms with Crippen LogP contribution >= 0.6 is 23.2 Å². The van der Waals surface area contributed by atoms with Gasteiger partial charge in [-0.15, -0.1) is 0 Å². The molecule has 1 fully saturated rings. The number of aromatic nitrogens is 2. The minimum atomic E-state index is -0.443. The molecule has 150 valence electrons. The number of hydrogen-bond acceptors (Lipinski definition) is 3. The molecule has 1 heterocycles. The van der Waals surface area contributed by atoms with Gasteiger partial charge in [0.25, 0.3) is 0 Å². The van der Waals surface area contributed by atoms with Crippen LogP contribution in [0.3, 0.4) is 0 Å². The molecule has 4 nitrogen and oxygen atoms in total. The number of hydrogen-bond donors (Lipinski definition) is 0. The molecule has 1 aromatic heterocycles. The number of rotatable bonds is 5. The van der Waals surface area contributed by atoms with E-state index < -0.39 is 5.97 Å². The third-order valence-corrected chi connectivity index (χ3v) is 6.03. The Balaban J connectivity index is 1.85. The summed E-state index contributed by atoms with van der Waals surface area (Å²) < 4.78 is 6.91. The first-order valence-electron chi connectivity index (χ1n) is 9.82. The Morgan fingerprint density at radius 2 is 1.90 bits per heavy atom. The van der Waals surface area contributed by atoms with Crippen LogP contribution in [0.1, 0.15) is 53.7 Å². The van der Waals surface area contributed by atoms with E-state index in [0.29, 0.717) is 21.7 Å². The quantitative estimate of drug-likeness (QED) is 0.429. The molecule has 1 aliphatic carbocycles. The number of halogens is 2. The molecule has 4 rings (SSSR count). The summed E-state index contributed by atoms with van der Waals surface area (Å²) >= 11 is 12.5. The van der Waals surface area contributed by atoms with Gasteiger partial charge in [-0.25, -0.2) is 9.48 Å². The van der Waals surface area contributed by atoms with Crippen molar-refractivity contribution in [2.24, 2.45) is 0 Å². The lowest BCUT2D eigenvalue weighted by Gasteiger charge is -2.25. The van der Waals surface area contributed by atoms with Crippen LogP contribution < -0.4 is 0 Å². The summed E-state index contributed by atoms with van der Waals surface area (Å²) in [5.74, 6) is 0.219. The lowest BCUT2D eigenvalue weighted by Crippen LogP contribution is -2.08. The number of nitrogens with zero attached hydrogens (tertiary/aromatic N) is 2. The first-order valence-corrected chi connectivity index (χ1v) is 10.6. The zero-order valence-corrected chi connectivity index (χ0v) is 17.9. The van der Waals surface area contributed by atoms with Gasteiger partial charge >= 0.3 is 5.97 Å². The highest BCUT2D eigenvalue weighted by molar-refractivity contribution is 6.35. The molecule has 0 spiro atoms. The van der Waals surface area contributed by atoms with Crippen molar-refractivity contribution in [1.82, 2.24) is 9.78 Å². The lowest BCUT2D eigenvalue weighted by molar-refractivity contribution is 0.0518. The monoisotopic (exact) mass is 428 g/mol. The summed E-state index contributed by atoms with van der Waals surface area (Å²) in [7, 11) is 0. The highest BCUT2D eigenvalue weighted by Crippen LogP contribution is 2.38. The van der Waals surface area contributed by atoms with E-state index in [0.717, 1.165) is 16.8 Å². The Kier molecular flexibility index (Phi) is 5.66. The molecule has 0 unspecified atom stereocenters. The molecule has 0 radical (unpaired) electrons. The third kappa shape index (κ3) is 3.79. The van der Waals surface area contributed by atoms with E-state index in [1.807, 2.05) is 6.92 Å². The minimum Gasteiger partial charge on any atom is -0.461 e. The second kappa shape index (κ2) is 8.21. The highest BCUT2D eigenvalue weighted by Gasteiger charge is 2.25. The summed E-state index contributed by atoms with van der Waals surface area (Å²) in [5, 5.41) is 5.57. The van der Waals surface area contributed by atoms with Gasteiger partial charge in [0.2, 0.25) is 0 Å². The van der Waals surface area contributed by atoms with Crippen molar-refractivity contribution in [3.8, 4) is 16.9 Å². The van der Waals surface area contributed by atoms with E-state index in [9.17, 15) is 4.79 Å². The topological polar surface area (TPSA) is 44.1 Å². The van der Waals surface area contributed by atoms with Gasteiger partial charge in [-0.1, -0.05) is 53.9 Å². The summed E-state index contributed by atoms with van der Waals surface area (Å²) in [6.45, 7) is 3.95. The molecule has 0 atom stereocenters. The van der Waals surface area contributed by atoms with Crippen molar-refractivity contribution >= 4 is 29.2 Å². The van der Waals surface area contributed by atoms with Crippen LogP contribution in [0.25, 0.3) is 16.9 Å². The lowest BCUT2D eigenvalue weighted by atomic mass is 9.80. The molecule has 0 saturated heterocycles. The van der Waals surface area contributed by atoms with Gasteiger partial charge in [-0.3, -0.25) is 0 Å². The van der Waals surface area contributed by atoms with Crippen LogP contribution in [-0.2, 0) is 4.74 Å². The smallest absolute Gasteiger partial charge is 0.359 e. The van der Waals surface area contributed by atoms with E-state index in [1.54, 1.807) is 29.8 Å². The summed E-state index contributed by atoms with van der Waals surface area (Å²) in [6.07, 6.45) is 3.81. The third-order valence-electron chi connectivity index (χ3n) is 5.49. The van der Waals surface area contributed by atoms with Crippen molar-refractivity contribution in [2.45, 2.75) is 39.0 Å². The van der Waals surface area contributed by atoms with Crippen LogP contribution in [0.5, 0.6) is 0 Å². The molecular formula is C23H22Cl2N2O2. The average Bonchev–Trinajstić information content (AvgIpc) is 2.98. The van der Waals surface area contributed by atoms with Crippen molar-refractivity contribution in [1.29, 1.82) is 0 Å². The maximum atomic E-state index is 12.5. The molecule has 0 amide bonds. The molecule has 0 aliphatic heterocycles. The maximum absolute atomic E-state index is 12.5. The van der Waals surface area contributed by atoms with Crippen molar-refractivity contribution < 1.29 is 9.53 Å². The van der Waals surface area contributed by atoms with E-state index in [-0.39, 0.29) is 12.3 Å². The SMILES string of the molecule is CCOC(=O)c1nn(-c2ccc(Cl)cc2Cl)c(-c2ccc(C3CCC3)cc2)c1C. The fourth-order valence-corrected chi connectivity index (χ4v) is 4.20. The molecule has 1 aliphatic rings. The van der Waals surface area contributed by atoms with Crippen LogP contribution in [0.2, 0.25) is 10.0 Å². The number of esters is 1. The van der Waals surface area contributed by atoms with Gasteiger partial charge in [-0.05, 0) is 56.4 Å². The van der Waals surface area contributed by atoms with Crippen LogP contribution in [0.15, 0.2) is 42.5 Å². The molecule has 1 saturated carbocycles. The highest BCUT2D eigenvalue weighted by atomic mass is 35.5. The number of carbonyl (C=O) groups excluding carboxylic acids is 1. The van der Waals surface area contributed by atoms with E-state index in [1.165, 1.54) is 24.8 Å². The number of ether oxygens (including phenoxy) is 1. The van der Waals surface area contributed by atoms with E-state index >= 15 is 0 Å². The van der Waals surface area contributed by atoms with Crippen molar-refractivity contribution in [2.75, 3.05) is 6.61 Å². The zero-order valence-electron chi connectivity index (χ0n) is 16.4.